The van der Waals surface area contributed by atoms with Crippen molar-refractivity contribution in [2.45, 2.75) is 51.9 Å². The van der Waals surface area contributed by atoms with Crippen molar-refractivity contribution in [1.29, 1.82) is 0 Å². The first-order valence-corrected chi connectivity index (χ1v) is 15.3. The average molecular weight is 612 g/mol. The molecule has 45 heavy (non-hydrogen) atoms. The Hall–Kier alpha value is -4.68. The highest BCUT2D eigenvalue weighted by atomic mass is 16.7. The number of fused-ring (bicyclic) bond motifs is 2. The fourth-order valence-corrected chi connectivity index (χ4v) is 5.92. The van der Waals surface area contributed by atoms with E-state index in [0.29, 0.717) is 50.1 Å². The minimum absolute atomic E-state index is 0.0152. The van der Waals surface area contributed by atoms with Crippen molar-refractivity contribution in [2.24, 2.45) is 0 Å². The molecule has 2 aromatic carbocycles. The molecule has 1 saturated heterocycles. The second-order valence-corrected chi connectivity index (χ2v) is 11.9. The van der Waals surface area contributed by atoms with Crippen LogP contribution in [0.4, 0.5) is 5.82 Å². The van der Waals surface area contributed by atoms with Gasteiger partial charge in [0.25, 0.3) is 0 Å². The van der Waals surface area contributed by atoms with Crippen molar-refractivity contribution < 1.29 is 23.7 Å². The average Bonchev–Trinajstić information content (AvgIpc) is 3.77. The molecule has 7 rings (SSSR count). The van der Waals surface area contributed by atoms with Crippen LogP contribution in [0.1, 0.15) is 48.6 Å². The highest BCUT2D eigenvalue weighted by Gasteiger charge is 2.31. The van der Waals surface area contributed by atoms with Gasteiger partial charge in [0.05, 0.1) is 6.61 Å². The number of aromatic nitrogens is 4. The van der Waals surface area contributed by atoms with E-state index in [2.05, 4.69) is 57.1 Å². The second kappa shape index (κ2) is 12.7. The van der Waals surface area contributed by atoms with E-state index >= 15 is 0 Å². The first kappa shape index (κ1) is 29.1. The second-order valence-electron chi connectivity index (χ2n) is 11.9. The van der Waals surface area contributed by atoms with Gasteiger partial charge in [-0.1, -0.05) is 26.0 Å². The number of rotatable bonds is 9. The van der Waals surface area contributed by atoms with E-state index in [-0.39, 0.29) is 31.5 Å². The monoisotopic (exact) mass is 611 g/mol. The van der Waals surface area contributed by atoms with Gasteiger partial charge < -0.3 is 34.1 Å². The lowest BCUT2D eigenvalue weighted by atomic mass is 10.0. The standard InChI is InChI=1S/C33H37N7O5/c1-21(2)26-14-30(38-33(37-26)32-34-7-8-35-32)40-10-9-39(16-23-4-5-27-24(11-23)18-42-19-43-27)25(17-40)13-31(41)36-15-22-3-6-28-29(12-22)45-20-44-28/h3-8,11-12,14,21,25H,9-10,13,15-20H2,1-2H3,(H,34,35)(H,36,41). The predicted molar refractivity (Wildman–Crippen MR) is 166 cm³/mol. The Kier molecular flexibility index (Phi) is 8.23. The molecule has 5 heterocycles. The van der Waals surface area contributed by atoms with Crippen LogP contribution in [-0.4, -0.2) is 70.0 Å². The van der Waals surface area contributed by atoms with Crippen LogP contribution >= 0.6 is 0 Å². The first-order valence-electron chi connectivity index (χ1n) is 15.3. The molecular weight excluding hydrogens is 574 g/mol. The number of nitrogens with zero attached hydrogens (tertiary/aromatic N) is 5. The summed E-state index contributed by atoms with van der Waals surface area (Å²) in [6, 6.07) is 14.0. The number of hydrogen-bond donors (Lipinski definition) is 2. The summed E-state index contributed by atoms with van der Waals surface area (Å²) in [5, 5.41) is 3.12. The Labute approximate surface area is 261 Å². The zero-order valence-electron chi connectivity index (χ0n) is 25.5. The molecule has 12 heteroatoms. The van der Waals surface area contributed by atoms with Gasteiger partial charge in [0.15, 0.2) is 29.9 Å². The summed E-state index contributed by atoms with van der Waals surface area (Å²) in [5.74, 6) is 4.55. The molecule has 1 atom stereocenters. The molecule has 0 bridgehead atoms. The molecule has 2 N–H and O–H groups in total. The smallest absolute Gasteiger partial charge is 0.231 e. The molecule has 0 spiro atoms. The van der Waals surface area contributed by atoms with E-state index < -0.39 is 0 Å². The normalized spacial score (nSPS) is 17.7. The zero-order chi connectivity index (χ0) is 30.8. The minimum Gasteiger partial charge on any atom is -0.467 e. The van der Waals surface area contributed by atoms with Crippen LogP contribution in [0.3, 0.4) is 0 Å². The molecule has 0 aliphatic carbocycles. The highest BCUT2D eigenvalue weighted by Crippen LogP contribution is 2.33. The molecule has 1 unspecified atom stereocenters. The Morgan fingerprint density at radius 3 is 2.71 bits per heavy atom. The number of nitrogens with one attached hydrogen (secondary N) is 2. The molecule has 0 saturated carbocycles. The van der Waals surface area contributed by atoms with Gasteiger partial charge in [-0.05, 0) is 41.3 Å². The van der Waals surface area contributed by atoms with Crippen LogP contribution in [0.15, 0.2) is 54.9 Å². The summed E-state index contributed by atoms with van der Waals surface area (Å²) >= 11 is 0. The van der Waals surface area contributed by atoms with Gasteiger partial charge in [-0.15, -0.1) is 0 Å². The summed E-state index contributed by atoms with van der Waals surface area (Å²) in [6.07, 6.45) is 3.82. The molecule has 1 fully saturated rings. The van der Waals surface area contributed by atoms with Gasteiger partial charge in [-0.25, -0.2) is 15.0 Å². The number of ether oxygens (including phenoxy) is 4. The van der Waals surface area contributed by atoms with Gasteiger partial charge in [0.1, 0.15) is 11.6 Å². The lowest BCUT2D eigenvalue weighted by molar-refractivity contribution is -0.122. The fraction of sp³-hybridized carbons (Fsp3) is 0.394. The van der Waals surface area contributed by atoms with Crippen molar-refractivity contribution in [3.8, 4) is 28.9 Å². The molecular formula is C33H37N7O5. The number of H-pyrrole nitrogens is 1. The van der Waals surface area contributed by atoms with Gasteiger partial charge in [0, 0.05) is 74.9 Å². The molecule has 3 aliphatic rings. The first-order chi connectivity index (χ1) is 22.0. The van der Waals surface area contributed by atoms with Gasteiger partial charge in [-0.2, -0.15) is 0 Å². The lowest BCUT2D eigenvalue weighted by Crippen LogP contribution is -2.54. The van der Waals surface area contributed by atoms with Crippen LogP contribution in [0.2, 0.25) is 0 Å². The third-order valence-corrected chi connectivity index (χ3v) is 8.38. The molecule has 12 nitrogen and oxygen atoms in total. The van der Waals surface area contributed by atoms with Crippen LogP contribution in [0.5, 0.6) is 17.2 Å². The van der Waals surface area contributed by atoms with Crippen molar-refractivity contribution in [3.63, 3.8) is 0 Å². The summed E-state index contributed by atoms with van der Waals surface area (Å²) in [4.78, 5) is 35.3. The van der Waals surface area contributed by atoms with Crippen LogP contribution in [-0.2, 0) is 29.2 Å². The summed E-state index contributed by atoms with van der Waals surface area (Å²) in [7, 11) is 0. The Bertz CT molecular complexity index is 1660. The minimum atomic E-state index is -0.0523. The van der Waals surface area contributed by atoms with E-state index in [9.17, 15) is 4.79 Å². The van der Waals surface area contributed by atoms with Crippen molar-refractivity contribution >= 4 is 11.7 Å². The number of aromatic amines is 1. The molecule has 3 aliphatic heterocycles. The Morgan fingerprint density at radius 2 is 1.84 bits per heavy atom. The van der Waals surface area contributed by atoms with E-state index in [4.69, 9.17) is 28.9 Å². The van der Waals surface area contributed by atoms with Crippen LogP contribution in [0, 0.1) is 0 Å². The number of amides is 1. The number of carbonyl (C=O) groups excluding carboxylic acids is 1. The lowest BCUT2D eigenvalue weighted by Gasteiger charge is -2.42. The third kappa shape index (κ3) is 6.57. The fourth-order valence-electron chi connectivity index (χ4n) is 5.92. The maximum atomic E-state index is 13.4. The maximum Gasteiger partial charge on any atom is 0.231 e. The number of benzene rings is 2. The number of hydrogen-bond acceptors (Lipinski definition) is 10. The largest absolute Gasteiger partial charge is 0.467 e. The Balaban J connectivity index is 1.10. The van der Waals surface area contributed by atoms with Gasteiger partial charge in [0.2, 0.25) is 12.7 Å². The zero-order valence-corrected chi connectivity index (χ0v) is 25.5. The SMILES string of the molecule is CC(C)c1cc(N2CCN(Cc3ccc4c(c3)COCO4)C(CC(=O)NCc3ccc4c(c3)OCO4)C2)nc(-c2ncc[nH]2)n1. The molecule has 0 radical (unpaired) electrons. The van der Waals surface area contributed by atoms with E-state index in [1.807, 2.05) is 24.3 Å². The van der Waals surface area contributed by atoms with E-state index in [1.54, 1.807) is 12.4 Å². The van der Waals surface area contributed by atoms with Crippen LogP contribution < -0.4 is 24.4 Å². The van der Waals surface area contributed by atoms with Crippen LogP contribution in [0.25, 0.3) is 11.6 Å². The van der Waals surface area contributed by atoms with Gasteiger partial charge in [-0.3, -0.25) is 9.69 Å². The third-order valence-electron chi connectivity index (χ3n) is 8.38. The molecule has 1 amide bonds. The molecule has 234 valence electrons. The van der Waals surface area contributed by atoms with Crippen molar-refractivity contribution in [1.82, 2.24) is 30.2 Å². The van der Waals surface area contributed by atoms with E-state index in [0.717, 1.165) is 52.8 Å². The number of anilines is 1. The summed E-state index contributed by atoms with van der Waals surface area (Å²) < 4.78 is 22.0. The molecule has 4 aromatic rings. The number of imidazole rings is 1. The predicted octanol–water partition coefficient (Wildman–Crippen LogP) is 3.98. The van der Waals surface area contributed by atoms with Gasteiger partial charge >= 0.3 is 0 Å². The van der Waals surface area contributed by atoms with Crippen molar-refractivity contribution in [3.05, 3.63) is 77.2 Å². The maximum absolute atomic E-state index is 13.4. The number of piperazine rings is 1. The summed E-state index contributed by atoms with van der Waals surface area (Å²) in [6.45, 7) is 8.56. The van der Waals surface area contributed by atoms with Crippen molar-refractivity contribution in [2.75, 3.05) is 38.1 Å². The molecule has 2 aromatic heterocycles. The highest BCUT2D eigenvalue weighted by molar-refractivity contribution is 5.76. The Morgan fingerprint density at radius 1 is 1.00 bits per heavy atom. The topological polar surface area (TPSA) is 127 Å². The number of carbonyl (C=O) groups is 1. The quantitative estimate of drug-likeness (QED) is 0.287. The summed E-state index contributed by atoms with van der Waals surface area (Å²) in [5.41, 5.74) is 4.11. The van der Waals surface area contributed by atoms with E-state index in [1.165, 1.54) is 0 Å².